The summed E-state index contributed by atoms with van der Waals surface area (Å²) < 4.78 is 11.7. The van der Waals surface area contributed by atoms with Gasteiger partial charge in [0.2, 0.25) is 0 Å². The lowest BCUT2D eigenvalue weighted by molar-refractivity contribution is -0.165. The van der Waals surface area contributed by atoms with E-state index in [4.69, 9.17) is 5.11 Å². The highest BCUT2D eigenvalue weighted by atomic mass is 19.2. The van der Waals surface area contributed by atoms with Crippen LogP contribution in [0.4, 0.5) is 10.1 Å². The van der Waals surface area contributed by atoms with Gasteiger partial charge in [0.1, 0.15) is 0 Å². The van der Waals surface area contributed by atoms with E-state index < -0.39 is 6.54 Å². The molecule has 1 atom stereocenters. The first-order chi connectivity index (χ1) is 5.29. The minimum absolute atomic E-state index is 0.587. The maximum absolute atomic E-state index is 11.7. The molecular formula is C7H8FNO2. The Bertz CT molecular complexity index is 203. The van der Waals surface area contributed by atoms with E-state index in [9.17, 15) is 4.39 Å². The summed E-state index contributed by atoms with van der Waals surface area (Å²) >= 11 is 0. The molecule has 4 heteroatoms. The lowest BCUT2D eigenvalue weighted by Gasteiger charge is -2.05. The monoisotopic (exact) mass is 157 g/mol. The molecule has 1 aromatic rings. The fraction of sp³-hybridized carbons (Fsp3) is 0.143. The SMILES string of the molecule is OC(F)ONc1ccccc1. The summed E-state index contributed by atoms with van der Waals surface area (Å²) in [4.78, 5) is 4.07. The van der Waals surface area contributed by atoms with Crippen molar-refractivity contribution >= 4 is 5.69 Å². The molecule has 0 aromatic heterocycles. The Labute approximate surface area is 63.4 Å². The quantitative estimate of drug-likeness (QED) is 0.513. The van der Waals surface area contributed by atoms with E-state index in [1.807, 2.05) is 6.07 Å². The number of hydrogen-bond acceptors (Lipinski definition) is 3. The molecule has 60 valence electrons. The molecule has 2 N–H and O–H groups in total. The Balaban J connectivity index is 2.39. The van der Waals surface area contributed by atoms with Gasteiger partial charge in [0.05, 0.1) is 5.69 Å². The smallest absolute Gasteiger partial charge is 0.327 e. The second-order valence-corrected chi connectivity index (χ2v) is 1.88. The Kier molecular flexibility index (Phi) is 2.83. The second-order valence-electron chi connectivity index (χ2n) is 1.88. The maximum atomic E-state index is 11.7. The number of anilines is 1. The van der Waals surface area contributed by atoms with Gasteiger partial charge in [-0.1, -0.05) is 18.2 Å². The molecule has 0 spiro atoms. The first-order valence-electron chi connectivity index (χ1n) is 3.08. The third kappa shape index (κ3) is 2.97. The van der Waals surface area contributed by atoms with Crippen LogP contribution < -0.4 is 5.48 Å². The number of aliphatic hydroxyl groups is 1. The van der Waals surface area contributed by atoms with Crippen molar-refractivity contribution in [1.29, 1.82) is 0 Å². The zero-order valence-corrected chi connectivity index (χ0v) is 5.70. The first-order valence-corrected chi connectivity index (χ1v) is 3.08. The van der Waals surface area contributed by atoms with Crippen LogP contribution in [0.5, 0.6) is 0 Å². The third-order valence-corrected chi connectivity index (χ3v) is 1.05. The minimum atomic E-state index is -2.30. The van der Waals surface area contributed by atoms with E-state index in [1.54, 1.807) is 24.3 Å². The largest absolute Gasteiger partial charge is 0.341 e. The fourth-order valence-corrected chi connectivity index (χ4v) is 0.623. The van der Waals surface area contributed by atoms with Crippen molar-refractivity contribution in [3.63, 3.8) is 0 Å². The summed E-state index contributed by atoms with van der Waals surface area (Å²) in [6, 6.07) is 8.70. The molecule has 0 bridgehead atoms. The minimum Gasteiger partial charge on any atom is -0.341 e. The van der Waals surface area contributed by atoms with Gasteiger partial charge in [0.25, 0.3) is 0 Å². The van der Waals surface area contributed by atoms with Crippen LogP contribution >= 0.6 is 0 Å². The molecule has 0 radical (unpaired) electrons. The molecule has 1 aromatic carbocycles. The molecule has 3 nitrogen and oxygen atoms in total. The molecule has 11 heavy (non-hydrogen) atoms. The zero-order valence-electron chi connectivity index (χ0n) is 5.70. The van der Waals surface area contributed by atoms with Crippen LogP contribution in [0.25, 0.3) is 0 Å². The van der Waals surface area contributed by atoms with Crippen molar-refractivity contribution in [3.8, 4) is 0 Å². The lowest BCUT2D eigenvalue weighted by atomic mass is 10.3. The van der Waals surface area contributed by atoms with Crippen molar-refractivity contribution in [2.45, 2.75) is 6.54 Å². The average Bonchev–Trinajstić information content (AvgIpc) is 2.03. The molecule has 0 amide bonds. The Morgan fingerprint density at radius 2 is 2.00 bits per heavy atom. The molecule has 0 aliphatic carbocycles. The number of para-hydroxylation sites is 1. The highest BCUT2D eigenvalue weighted by Gasteiger charge is 1.97. The number of halogens is 1. The molecule has 0 heterocycles. The van der Waals surface area contributed by atoms with Gasteiger partial charge in [-0.3, -0.25) is 5.48 Å². The summed E-state index contributed by atoms with van der Waals surface area (Å²) in [6.45, 7) is -2.30. The second kappa shape index (κ2) is 3.90. The average molecular weight is 157 g/mol. The fourth-order valence-electron chi connectivity index (χ4n) is 0.623. The molecule has 1 rings (SSSR count). The summed E-state index contributed by atoms with van der Waals surface area (Å²) in [5.41, 5.74) is 2.81. The maximum Gasteiger partial charge on any atom is 0.327 e. The van der Waals surface area contributed by atoms with Crippen LogP contribution in [0.3, 0.4) is 0 Å². The van der Waals surface area contributed by atoms with Crippen molar-refractivity contribution in [2.24, 2.45) is 0 Å². The van der Waals surface area contributed by atoms with E-state index in [0.717, 1.165) is 0 Å². The number of nitrogens with one attached hydrogen (secondary N) is 1. The van der Waals surface area contributed by atoms with Crippen molar-refractivity contribution < 1.29 is 14.3 Å². The van der Waals surface area contributed by atoms with Gasteiger partial charge >= 0.3 is 6.54 Å². The highest BCUT2D eigenvalue weighted by molar-refractivity contribution is 5.39. The molecular weight excluding hydrogens is 149 g/mol. The van der Waals surface area contributed by atoms with Crippen molar-refractivity contribution in [2.75, 3.05) is 5.48 Å². The van der Waals surface area contributed by atoms with Crippen LogP contribution in [0.2, 0.25) is 0 Å². The molecule has 0 saturated heterocycles. The number of aliphatic hydroxyl groups excluding tert-OH is 1. The van der Waals surface area contributed by atoms with E-state index in [0.29, 0.717) is 5.69 Å². The van der Waals surface area contributed by atoms with E-state index in [1.165, 1.54) is 0 Å². The summed E-state index contributed by atoms with van der Waals surface area (Å²) in [7, 11) is 0. The number of alkyl halides is 1. The predicted molar refractivity (Wildman–Crippen MR) is 38.3 cm³/mol. The van der Waals surface area contributed by atoms with E-state index >= 15 is 0 Å². The summed E-state index contributed by atoms with van der Waals surface area (Å²) in [5, 5.41) is 8.06. The van der Waals surface area contributed by atoms with E-state index in [2.05, 4.69) is 10.3 Å². The molecule has 0 fully saturated rings. The van der Waals surface area contributed by atoms with Gasteiger partial charge in [0.15, 0.2) is 0 Å². The Morgan fingerprint density at radius 1 is 1.36 bits per heavy atom. The van der Waals surface area contributed by atoms with Crippen molar-refractivity contribution in [3.05, 3.63) is 30.3 Å². The number of benzene rings is 1. The molecule has 0 aliphatic rings. The van der Waals surface area contributed by atoms with Crippen LogP contribution in [-0.2, 0) is 4.84 Å². The Morgan fingerprint density at radius 3 is 2.55 bits per heavy atom. The van der Waals surface area contributed by atoms with Gasteiger partial charge in [-0.05, 0) is 12.1 Å². The number of hydrogen-bond donors (Lipinski definition) is 2. The number of rotatable bonds is 3. The Hall–Kier alpha value is -1.13. The van der Waals surface area contributed by atoms with Crippen LogP contribution in [0.15, 0.2) is 30.3 Å². The first kappa shape index (κ1) is 7.97. The third-order valence-electron chi connectivity index (χ3n) is 1.05. The van der Waals surface area contributed by atoms with Crippen LogP contribution in [-0.4, -0.2) is 11.7 Å². The molecule has 1 unspecified atom stereocenters. The van der Waals surface area contributed by atoms with Crippen LogP contribution in [0.1, 0.15) is 0 Å². The predicted octanol–water partition coefficient (Wildman–Crippen LogP) is 1.28. The topological polar surface area (TPSA) is 41.5 Å². The molecule has 0 saturated carbocycles. The molecule has 0 aliphatic heterocycles. The summed E-state index contributed by atoms with van der Waals surface area (Å²) in [6.07, 6.45) is 0. The van der Waals surface area contributed by atoms with Gasteiger partial charge in [-0.25, -0.2) is 4.84 Å². The van der Waals surface area contributed by atoms with Gasteiger partial charge < -0.3 is 5.11 Å². The van der Waals surface area contributed by atoms with Gasteiger partial charge in [0, 0.05) is 0 Å². The standard InChI is InChI=1S/C7H8FNO2/c8-7(10)11-9-6-4-2-1-3-5-6/h1-5,7,9-10H. The summed E-state index contributed by atoms with van der Waals surface area (Å²) in [5.74, 6) is 0. The lowest BCUT2D eigenvalue weighted by Crippen LogP contribution is -2.10. The van der Waals surface area contributed by atoms with Crippen molar-refractivity contribution in [1.82, 2.24) is 0 Å². The normalized spacial score (nSPS) is 12.5. The van der Waals surface area contributed by atoms with E-state index in [-0.39, 0.29) is 0 Å². The highest BCUT2D eigenvalue weighted by Crippen LogP contribution is 2.05. The van der Waals surface area contributed by atoms with Gasteiger partial charge in [-0.2, -0.15) is 4.39 Å². The van der Waals surface area contributed by atoms with Crippen LogP contribution in [0, 0.1) is 0 Å². The zero-order chi connectivity index (χ0) is 8.10. The van der Waals surface area contributed by atoms with Gasteiger partial charge in [-0.15, -0.1) is 0 Å².